The largest absolute Gasteiger partial charge is 0.381 e. The highest BCUT2D eigenvalue weighted by Gasteiger charge is 2.45. The number of nitrogens with one attached hydrogen (secondary N) is 2. The number of H-pyrrole nitrogens is 1. The Balaban J connectivity index is 0.00000266. The lowest BCUT2D eigenvalue weighted by molar-refractivity contribution is -0.000510. The molecule has 2 fully saturated rings. The molecule has 54 heavy (non-hydrogen) atoms. The monoisotopic (exact) mass is 748 g/mol. The Hall–Kier alpha value is -5.43. The summed E-state index contributed by atoms with van der Waals surface area (Å²) in [5, 5.41) is 14.3. The third kappa shape index (κ3) is 6.76. The third-order valence-electron chi connectivity index (χ3n) is 10.6. The second-order valence-corrected chi connectivity index (χ2v) is 15.5. The van der Waals surface area contributed by atoms with Crippen LogP contribution in [0.1, 0.15) is 75.7 Å². The van der Waals surface area contributed by atoms with E-state index >= 15 is 0 Å². The predicted octanol–water partition coefficient (Wildman–Crippen LogP) is 8.13. The highest BCUT2D eigenvalue weighted by atomic mass is 32.1. The van der Waals surface area contributed by atoms with Gasteiger partial charge in [-0.25, -0.2) is 14.4 Å². The number of rotatable bonds is 8. The highest BCUT2D eigenvalue weighted by molar-refractivity contribution is 7.15. The topological polar surface area (TPSA) is 124 Å². The van der Waals surface area contributed by atoms with E-state index in [1.165, 1.54) is 23.5 Å². The average Bonchev–Trinajstić information content (AvgIpc) is 3.72. The van der Waals surface area contributed by atoms with Gasteiger partial charge in [0.15, 0.2) is 0 Å². The van der Waals surface area contributed by atoms with Crippen LogP contribution in [0, 0.1) is 25.1 Å². The molecule has 0 saturated carbocycles. The quantitative estimate of drug-likeness (QED) is 0.137. The number of fused-ring (bicyclic) bond motifs is 3. The van der Waals surface area contributed by atoms with Crippen LogP contribution >= 0.6 is 11.3 Å². The van der Waals surface area contributed by atoms with Crippen molar-refractivity contribution in [2.75, 3.05) is 48.0 Å². The maximum atomic E-state index is 14.8. The van der Waals surface area contributed by atoms with Gasteiger partial charge in [-0.3, -0.25) is 9.59 Å². The van der Waals surface area contributed by atoms with Crippen LogP contribution in [-0.2, 0) is 11.2 Å². The summed E-state index contributed by atoms with van der Waals surface area (Å²) in [5.74, 6) is 0.0894. The van der Waals surface area contributed by atoms with E-state index in [-0.39, 0.29) is 20.1 Å². The molecule has 8 rings (SSSR count). The predicted molar refractivity (Wildman–Crippen MR) is 214 cm³/mol. The molecule has 10 nitrogen and oxygen atoms in total. The summed E-state index contributed by atoms with van der Waals surface area (Å²) in [6, 6.07) is 15.0. The summed E-state index contributed by atoms with van der Waals surface area (Å²) in [7, 11) is 0. The number of amides is 2. The zero-order valence-corrected chi connectivity index (χ0v) is 31.0. The average molecular weight is 749 g/mol. The van der Waals surface area contributed by atoms with Gasteiger partial charge in [-0.15, -0.1) is 11.3 Å². The van der Waals surface area contributed by atoms with Crippen molar-refractivity contribution in [3.05, 3.63) is 130 Å². The molecule has 5 aromatic rings. The molecule has 0 aliphatic carbocycles. The second kappa shape index (κ2) is 14.4. The molecule has 1 unspecified atom stereocenters. The van der Waals surface area contributed by atoms with Crippen molar-refractivity contribution in [3.63, 3.8) is 0 Å². The fourth-order valence-electron chi connectivity index (χ4n) is 7.63. The van der Waals surface area contributed by atoms with Gasteiger partial charge in [0.25, 0.3) is 11.8 Å². The second-order valence-electron chi connectivity index (χ2n) is 14.4. The number of nitrogens with zero attached hydrogens (tertiary/aromatic N) is 4. The fraction of sp³-hybridized carbons (Fsp3) is 0.286. The summed E-state index contributed by atoms with van der Waals surface area (Å²) < 4.78 is 20.4. The number of aryl methyl sites for hydroxylation is 2. The molecule has 280 valence electrons. The summed E-state index contributed by atoms with van der Waals surface area (Å²) in [6.45, 7) is 11.1. The minimum absolute atomic E-state index is 0. The number of pyridine rings is 1. The third-order valence-corrected chi connectivity index (χ3v) is 11.8. The van der Waals surface area contributed by atoms with Crippen LogP contribution in [0.2, 0.25) is 0 Å². The lowest BCUT2D eigenvalue weighted by Crippen LogP contribution is -2.59. The van der Waals surface area contributed by atoms with Gasteiger partial charge in [-0.05, 0) is 105 Å². The van der Waals surface area contributed by atoms with E-state index < -0.39 is 11.9 Å². The van der Waals surface area contributed by atoms with E-state index in [0.717, 1.165) is 66.5 Å². The Kier molecular flexibility index (Phi) is 9.51. The number of aromatic amines is 1. The minimum atomic E-state index is -0.985. The lowest BCUT2D eigenvalue weighted by Gasteiger charge is -2.53. The Bertz CT molecular complexity index is 2290. The Morgan fingerprint density at radius 1 is 1.13 bits per heavy atom. The van der Waals surface area contributed by atoms with Crippen LogP contribution in [0.15, 0.2) is 79.5 Å². The van der Waals surface area contributed by atoms with E-state index in [0.29, 0.717) is 57.6 Å². The molecule has 3 aromatic heterocycles. The van der Waals surface area contributed by atoms with Gasteiger partial charge in [0.2, 0.25) is 0 Å². The fourth-order valence-corrected chi connectivity index (χ4v) is 8.87. The molecule has 0 bridgehead atoms. The van der Waals surface area contributed by atoms with Crippen molar-refractivity contribution < 1.29 is 26.7 Å². The van der Waals surface area contributed by atoms with Crippen molar-refractivity contribution >= 4 is 46.4 Å². The van der Waals surface area contributed by atoms with Gasteiger partial charge in [-0.1, -0.05) is 18.7 Å². The number of anilines is 3. The van der Waals surface area contributed by atoms with Crippen molar-refractivity contribution in [2.24, 2.45) is 5.41 Å². The van der Waals surface area contributed by atoms with Gasteiger partial charge < -0.3 is 29.9 Å². The standard InChI is InChI=1S/C42H41FN6O4S.2H2/c1-4-5-6-33-26(3)45-38(47-33)36(50)35-20-28-13-16-49(34-21-29(43)9-12-31(34)37(28)54-35)41(52)27-7-10-30(11-8-27)46-40(51)32-19-25(2)22-44-39(32)48-23-42(24-48)14-17-53-18-15-42;;/h4-12,19-22,36,50H,1,13-18,23-24H2,2-3H3,(H,45,47)(H,46,51);2*1H/b6-5-;;. The van der Waals surface area contributed by atoms with Gasteiger partial charge in [-0.2, -0.15) is 0 Å². The Morgan fingerprint density at radius 2 is 1.91 bits per heavy atom. The number of halogens is 1. The van der Waals surface area contributed by atoms with Gasteiger partial charge in [0.1, 0.15) is 23.6 Å². The number of aliphatic hydroxyl groups excluding tert-OH is 1. The van der Waals surface area contributed by atoms with E-state index in [1.54, 1.807) is 53.6 Å². The van der Waals surface area contributed by atoms with Crippen LogP contribution in [0.5, 0.6) is 0 Å². The molecule has 1 atom stereocenters. The molecule has 2 aromatic carbocycles. The molecule has 2 amide bonds. The van der Waals surface area contributed by atoms with Crippen molar-refractivity contribution in [3.8, 4) is 10.4 Å². The smallest absolute Gasteiger partial charge is 0.259 e. The van der Waals surface area contributed by atoms with E-state index in [4.69, 9.17) is 4.74 Å². The van der Waals surface area contributed by atoms with Crippen molar-refractivity contribution in [1.82, 2.24) is 15.0 Å². The van der Waals surface area contributed by atoms with Gasteiger partial charge >= 0.3 is 0 Å². The van der Waals surface area contributed by atoms with Crippen LogP contribution < -0.4 is 15.1 Å². The lowest BCUT2D eigenvalue weighted by atomic mass is 9.73. The first-order chi connectivity index (χ1) is 26.1. The number of hydrogen-bond acceptors (Lipinski definition) is 8. The molecule has 2 saturated heterocycles. The number of benzene rings is 2. The molecule has 12 heteroatoms. The maximum Gasteiger partial charge on any atom is 0.259 e. The summed E-state index contributed by atoms with van der Waals surface area (Å²) >= 11 is 1.41. The zero-order chi connectivity index (χ0) is 37.6. The van der Waals surface area contributed by atoms with E-state index in [2.05, 4.69) is 31.7 Å². The number of aromatic nitrogens is 3. The van der Waals surface area contributed by atoms with Gasteiger partial charge in [0, 0.05) is 79.6 Å². The van der Waals surface area contributed by atoms with Crippen molar-refractivity contribution in [1.29, 1.82) is 0 Å². The molecule has 0 radical (unpaired) electrons. The zero-order valence-electron chi connectivity index (χ0n) is 30.2. The summed E-state index contributed by atoms with van der Waals surface area (Å²) in [5.41, 5.74) is 6.24. The van der Waals surface area contributed by atoms with Crippen LogP contribution in [-0.4, -0.2) is 64.7 Å². The highest BCUT2D eigenvalue weighted by Crippen LogP contribution is 2.45. The van der Waals surface area contributed by atoms with Gasteiger partial charge in [0.05, 0.1) is 16.9 Å². The summed E-state index contributed by atoms with van der Waals surface area (Å²) in [6.07, 6.45) is 8.62. The Labute approximate surface area is 320 Å². The van der Waals surface area contributed by atoms with E-state index in [9.17, 15) is 19.1 Å². The van der Waals surface area contributed by atoms with E-state index in [1.807, 2.05) is 32.1 Å². The normalized spacial score (nSPS) is 16.7. The number of imidazole rings is 1. The van der Waals surface area contributed by atoms with Crippen LogP contribution in [0.4, 0.5) is 21.6 Å². The van der Waals surface area contributed by atoms with Crippen LogP contribution in [0.3, 0.4) is 0 Å². The molecule has 3 aliphatic heterocycles. The molecule has 6 heterocycles. The minimum Gasteiger partial charge on any atom is -0.381 e. The SMILES string of the molecule is C=C/C=C\c1nc(C(O)c2cc3c(s2)-c2ccc(F)cc2N(C(=O)c2ccc(NC(=O)c4cc(C)cnc4N4CC5(CCOCC5)C4)cc2)CC3)[nH]c1C.[HH].[HH]. The maximum absolute atomic E-state index is 14.8. The first kappa shape index (κ1) is 35.6. The molecule has 3 aliphatic rings. The first-order valence-electron chi connectivity index (χ1n) is 18.1. The molecular formula is C42H45FN6O4S. The Morgan fingerprint density at radius 3 is 2.67 bits per heavy atom. The number of thiophene rings is 1. The molecule has 3 N–H and O–H groups in total. The first-order valence-corrected chi connectivity index (χ1v) is 18.9. The number of allylic oxidation sites excluding steroid dienone is 2. The van der Waals surface area contributed by atoms with Crippen LogP contribution in [0.25, 0.3) is 16.5 Å². The molecular weight excluding hydrogens is 704 g/mol. The van der Waals surface area contributed by atoms with Crippen molar-refractivity contribution in [2.45, 2.75) is 39.2 Å². The number of hydrogen-bond donors (Lipinski definition) is 3. The number of carbonyl (C=O) groups excluding carboxylic acids is 2. The number of ether oxygens (including phenoxy) is 1. The number of carbonyl (C=O) groups is 2. The summed E-state index contributed by atoms with van der Waals surface area (Å²) in [4.78, 5) is 45.5. The number of aliphatic hydroxyl groups is 1. The molecule has 1 spiro atoms.